The minimum atomic E-state index is -0.307. The molecule has 5 rings (SSSR count). The predicted octanol–water partition coefficient (Wildman–Crippen LogP) is 7.29. The summed E-state index contributed by atoms with van der Waals surface area (Å²) >= 11 is 1.58. The van der Waals surface area contributed by atoms with Gasteiger partial charge in [-0.2, -0.15) is 4.98 Å². The maximum atomic E-state index is 14.0. The van der Waals surface area contributed by atoms with E-state index in [-0.39, 0.29) is 11.2 Å². The van der Waals surface area contributed by atoms with Gasteiger partial charge in [-0.3, -0.25) is 4.79 Å². The lowest BCUT2D eigenvalue weighted by Gasteiger charge is -2.20. The van der Waals surface area contributed by atoms with E-state index in [9.17, 15) is 9.18 Å². The first kappa shape index (κ1) is 25.5. The second-order valence-corrected chi connectivity index (χ2v) is 10.1. The molecule has 2 heterocycles. The average Bonchev–Trinajstić information content (AvgIpc) is 3.33. The summed E-state index contributed by atoms with van der Waals surface area (Å²) in [6.45, 7) is 9.21. The summed E-state index contributed by atoms with van der Waals surface area (Å²) in [7, 11) is 0. The van der Waals surface area contributed by atoms with E-state index in [4.69, 9.17) is 9.26 Å². The molecule has 9 heteroatoms. The number of hydrogen-bond donors (Lipinski definition) is 1. The highest BCUT2D eigenvalue weighted by atomic mass is 32.2. The summed E-state index contributed by atoms with van der Waals surface area (Å²) in [6.07, 6.45) is 1.81. The normalized spacial score (nSPS) is 11.2. The number of aromatic nitrogens is 3. The first-order chi connectivity index (χ1) is 18.2. The molecule has 1 N–H and O–H groups in total. The van der Waals surface area contributed by atoms with E-state index in [0.717, 1.165) is 17.1 Å². The van der Waals surface area contributed by atoms with Crippen LogP contribution >= 0.6 is 11.9 Å². The van der Waals surface area contributed by atoms with Crippen LogP contribution in [0.3, 0.4) is 0 Å². The van der Waals surface area contributed by atoms with Crippen molar-refractivity contribution in [3.8, 4) is 28.6 Å². The van der Waals surface area contributed by atoms with Crippen LogP contribution in [-0.2, 0) is 0 Å². The molecule has 5 aromatic rings. The Morgan fingerprint density at radius 1 is 1.03 bits per heavy atom. The third kappa shape index (κ3) is 4.89. The van der Waals surface area contributed by atoms with Crippen LogP contribution < -0.4 is 14.9 Å². The van der Waals surface area contributed by atoms with E-state index in [1.54, 1.807) is 31.9 Å². The molecule has 0 spiro atoms. The van der Waals surface area contributed by atoms with Gasteiger partial charge >= 0.3 is 0 Å². The van der Waals surface area contributed by atoms with Crippen molar-refractivity contribution in [2.24, 2.45) is 0 Å². The van der Waals surface area contributed by atoms with Crippen molar-refractivity contribution in [1.29, 1.82) is 0 Å². The van der Waals surface area contributed by atoms with Gasteiger partial charge in [-0.1, -0.05) is 24.0 Å². The molecule has 0 aliphatic carbocycles. The molecule has 0 aliphatic rings. The number of anilines is 1. The van der Waals surface area contributed by atoms with Crippen molar-refractivity contribution in [3.05, 3.63) is 93.3 Å². The van der Waals surface area contributed by atoms with Gasteiger partial charge in [0.25, 0.3) is 0 Å². The van der Waals surface area contributed by atoms with Crippen LogP contribution in [0.1, 0.15) is 29.5 Å². The Morgan fingerprint density at radius 3 is 2.47 bits per heavy atom. The summed E-state index contributed by atoms with van der Waals surface area (Å²) in [5.74, 6) is 2.61. The van der Waals surface area contributed by atoms with Crippen LogP contribution in [0.5, 0.6) is 11.5 Å². The molecule has 0 saturated heterocycles. The Balaban J connectivity index is 1.72. The standard InChI is InChI=1S/C29H27FN4O3S/c1-6-38-33-22-8-10-26(36-28-16(2)11-21(30)12-17(28)3)25(14-22)34-15-18(4)27(35)23-13-20(7-9-24(23)34)29-31-19(5)37-32-29/h7-15,33H,6H2,1-5H3. The molecular formula is C29H27FN4O3S. The molecular weight excluding hydrogens is 503 g/mol. The maximum Gasteiger partial charge on any atom is 0.223 e. The SMILES string of the molecule is CCSNc1ccc(Oc2c(C)cc(F)cc2C)c(-n2cc(C)c(=O)c3cc(-c4noc(C)n4)ccc32)c1. The number of aryl methyl sites for hydroxylation is 4. The van der Waals surface area contributed by atoms with Gasteiger partial charge in [-0.15, -0.1) is 0 Å². The van der Waals surface area contributed by atoms with Crippen LogP contribution in [0.2, 0.25) is 0 Å². The highest BCUT2D eigenvalue weighted by Crippen LogP contribution is 2.36. The van der Waals surface area contributed by atoms with E-state index in [1.807, 2.05) is 54.9 Å². The molecule has 0 atom stereocenters. The van der Waals surface area contributed by atoms with Gasteiger partial charge in [0, 0.05) is 41.1 Å². The topological polar surface area (TPSA) is 82.2 Å². The molecule has 0 bridgehead atoms. The summed E-state index contributed by atoms with van der Waals surface area (Å²) in [4.78, 5) is 17.5. The van der Waals surface area contributed by atoms with Gasteiger partial charge in [-0.05, 0) is 80.4 Å². The number of rotatable bonds is 7. The zero-order chi connectivity index (χ0) is 27.0. The van der Waals surface area contributed by atoms with Gasteiger partial charge in [0.05, 0.1) is 11.2 Å². The van der Waals surface area contributed by atoms with Crippen molar-refractivity contribution in [2.45, 2.75) is 34.6 Å². The average molecular weight is 531 g/mol. The molecule has 2 aromatic heterocycles. The van der Waals surface area contributed by atoms with Gasteiger partial charge in [0.2, 0.25) is 11.7 Å². The summed E-state index contributed by atoms with van der Waals surface area (Å²) in [5, 5.41) is 4.52. The van der Waals surface area contributed by atoms with Crippen LogP contribution in [0, 0.1) is 33.5 Å². The minimum Gasteiger partial charge on any atom is -0.455 e. The van der Waals surface area contributed by atoms with Crippen molar-refractivity contribution in [1.82, 2.24) is 14.7 Å². The molecule has 0 fully saturated rings. The van der Waals surface area contributed by atoms with Gasteiger partial charge in [-0.25, -0.2) is 4.39 Å². The first-order valence-corrected chi connectivity index (χ1v) is 13.2. The maximum absolute atomic E-state index is 14.0. The van der Waals surface area contributed by atoms with Crippen molar-refractivity contribution in [3.63, 3.8) is 0 Å². The summed E-state index contributed by atoms with van der Waals surface area (Å²) in [5.41, 5.74) is 4.87. The fourth-order valence-electron chi connectivity index (χ4n) is 4.40. The molecule has 194 valence electrons. The highest BCUT2D eigenvalue weighted by Gasteiger charge is 2.17. The number of nitrogens with zero attached hydrogens (tertiary/aromatic N) is 3. The number of hydrogen-bond acceptors (Lipinski definition) is 7. The van der Waals surface area contributed by atoms with Crippen LogP contribution in [0.4, 0.5) is 10.1 Å². The molecule has 0 aliphatic heterocycles. The predicted molar refractivity (Wildman–Crippen MR) is 150 cm³/mol. The second kappa shape index (κ2) is 10.3. The Hall–Kier alpha value is -4.11. The molecule has 0 saturated carbocycles. The fourth-order valence-corrected chi connectivity index (χ4v) is 4.83. The van der Waals surface area contributed by atoms with E-state index < -0.39 is 0 Å². The molecule has 7 nitrogen and oxygen atoms in total. The second-order valence-electron chi connectivity index (χ2n) is 9.07. The monoisotopic (exact) mass is 530 g/mol. The smallest absolute Gasteiger partial charge is 0.223 e. The highest BCUT2D eigenvalue weighted by molar-refractivity contribution is 8.00. The largest absolute Gasteiger partial charge is 0.455 e. The third-order valence-corrected chi connectivity index (χ3v) is 6.83. The van der Waals surface area contributed by atoms with E-state index >= 15 is 0 Å². The van der Waals surface area contributed by atoms with Crippen molar-refractivity contribution >= 4 is 28.5 Å². The molecule has 3 aromatic carbocycles. The summed E-state index contributed by atoms with van der Waals surface area (Å²) < 4.78 is 30.8. The molecule has 0 unspecified atom stereocenters. The van der Waals surface area contributed by atoms with Crippen molar-refractivity contribution in [2.75, 3.05) is 10.5 Å². The number of nitrogens with one attached hydrogen (secondary N) is 1. The molecule has 0 amide bonds. The number of halogens is 1. The number of fused-ring (bicyclic) bond motifs is 1. The van der Waals surface area contributed by atoms with Crippen molar-refractivity contribution < 1.29 is 13.7 Å². The van der Waals surface area contributed by atoms with E-state index in [2.05, 4.69) is 21.8 Å². The Bertz CT molecular complexity index is 1700. The molecule has 0 radical (unpaired) electrons. The Kier molecular flexibility index (Phi) is 6.94. The lowest BCUT2D eigenvalue weighted by molar-refractivity contribution is 0.394. The van der Waals surface area contributed by atoms with Gasteiger partial charge in [0.1, 0.15) is 11.6 Å². The van der Waals surface area contributed by atoms with Crippen LogP contribution in [0.15, 0.2) is 64.0 Å². The van der Waals surface area contributed by atoms with Gasteiger partial charge < -0.3 is 18.5 Å². The zero-order valence-corrected chi connectivity index (χ0v) is 22.6. The molecule has 38 heavy (non-hydrogen) atoms. The van der Waals surface area contributed by atoms with E-state index in [0.29, 0.717) is 56.4 Å². The van der Waals surface area contributed by atoms with Gasteiger partial charge in [0.15, 0.2) is 11.2 Å². The van der Waals surface area contributed by atoms with Crippen LogP contribution in [0.25, 0.3) is 28.0 Å². The lowest BCUT2D eigenvalue weighted by atomic mass is 10.1. The lowest BCUT2D eigenvalue weighted by Crippen LogP contribution is -2.12. The quantitative estimate of drug-likeness (QED) is 0.221. The summed E-state index contributed by atoms with van der Waals surface area (Å²) in [6, 6.07) is 14.2. The zero-order valence-electron chi connectivity index (χ0n) is 21.8. The van der Waals surface area contributed by atoms with Crippen LogP contribution in [-0.4, -0.2) is 20.5 Å². The minimum absolute atomic E-state index is 0.0816. The number of ether oxygens (including phenoxy) is 1. The third-order valence-electron chi connectivity index (χ3n) is 6.16. The van der Waals surface area contributed by atoms with E-state index in [1.165, 1.54) is 12.1 Å². The number of benzene rings is 3. The Morgan fingerprint density at radius 2 is 1.79 bits per heavy atom. The first-order valence-electron chi connectivity index (χ1n) is 12.2. The Labute approximate surface area is 223 Å². The fraction of sp³-hybridized carbons (Fsp3) is 0.207. The number of pyridine rings is 1.